The maximum Gasteiger partial charge on any atom is 0.0512 e. The standard InChI is InChI=1S/C14H23NOS/c1-3-12-7-8-13(17-12)14(15-4-2)11-6-5-9-16-10-11/h7-8,11,14-15H,3-6,9-10H2,1-2H3. The predicted molar refractivity (Wildman–Crippen MR) is 73.7 cm³/mol. The molecule has 2 rings (SSSR count). The number of hydrogen-bond acceptors (Lipinski definition) is 3. The van der Waals surface area contributed by atoms with E-state index < -0.39 is 0 Å². The second-order valence-corrected chi connectivity index (χ2v) is 5.87. The Balaban J connectivity index is 2.09. The molecule has 1 N–H and O–H groups in total. The first-order valence-electron chi connectivity index (χ1n) is 6.74. The van der Waals surface area contributed by atoms with Crippen LogP contribution in [0.2, 0.25) is 0 Å². The van der Waals surface area contributed by atoms with Crippen LogP contribution in [0.5, 0.6) is 0 Å². The molecular formula is C14H23NOS. The number of hydrogen-bond donors (Lipinski definition) is 1. The highest BCUT2D eigenvalue weighted by Gasteiger charge is 2.25. The van der Waals surface area contributed by atoms with Crippen molar-refractivity contribution in [2.75, 3.05) is 19.8 Å². The summed E-state index contributed by atoms with van der Waals surface area (Å²) in [6.45, 7) is 7.30. The Bertz CT molecular complexity index is 331. The second kappa shape index (κ2) is 6.53. The van der Waals surface area contributed by atoms with E-state index in [1.807, 2.05) is 11.3 Å². The summed E-state index contributed by atoms with van der Waals surface area (Å²) in [6.07, 6.45) is 3.64. The molecule has 0 bridgehead atoms. The molecule has 0 amide bonds. The van der Waals surface area contributed by atoms with Crippen LogP contribution in [0, 0.1) is 5.92 Å². The fraction of sp³-hybridized carbons (Fsp3) is 0.714. The highest BCUT2D eigenvalue weighted by molar-refractivity contribution is 7.12. The molecule has 2 unspecified atom stereocenters. The average Bonchev–Trinajstić information content (AvgIpc) is 2.85. The summed E-state index contributed by atoms with van der Waals surface area (Å²) < 4.78 is 5.63. The number of nitrogens with one attached hydrogen (secondary N) is 1. The predicted octanol–water partition coefficient (Wildman–Crippen LogP) is 3.39. The Hall–Kier alpha value is -0.380. The highest BCUT2D eigenvalue weighted by atomic mass is 32.1. The first-order valence-corrected chi connectivity index (χ1v) is 7.56. The highest BCUT2D eigenvalue weighted by Crippen LogP contribution is 2.33. The van der Waals surface area contributed by atoms with Gasteiger partial charge in [0, 0.05) is 28.3 Å². The minimum absolute atomic E-state index is 0.491. The Morgan fingerprint density at radius 3 is 2.94 bits per heavy atom. The van der Waals surface area contributed by atoms with E-state index in [1.54, 1.807) is 0 Å². The van der Waals surface area contributed by atoms with E-state index in [0.717, 1.165) is 26.2 Å². The van der Waals surface area contributed by atoms with Gasteiger partial charge in [0.2, 0.25) is 0 Å². The monoisotopic (exact) mass is 253 g/mol. The van der Waals surface area contributed by atoms with Crippen LogP contribution in [-0.4, -0.2) is 19.8 Å². The molecule has 1 fully saturated rings. The van der Waals surface area contributed by atoms with Crippen LogP contribution in [0.15, 0.2) is 12.1 Å². The first kappa shape index (κ1) is 13.1. The van der Waals surface area contributed by atoms with Gasteiger partial charge in [0.05, 0.1) is 6.61 Å². The third-order valence-corrected chi connectivity index (χ3v) is 4.74. The minimum atomic E-state index is 0.491. The molecule has 1 saturated heterocycles. The van der Waals surface area contributed by atoms with Crippen molar-refractivity contribution in [2.24, 2.45) is 5.92 Å². The molecule has 0 aromatic carbocycles. The molecule has 1 aromatic heterocycles. The lowest BCUT2D eigenvalue weighted by Gasteiger charge is -2.30. The molecule has 96 valence electrons. The summed E-state index contributed by atoms with van der Waals surface area (Å²) >= 11 is 1.96. The molecule has 2 heterocycles. The van der Waals surface area contributed by atoms with Crippen LogP contribution >= 0.6 is 11.3 Å². The van der Waals surface area contributed by atoms with Crippen molar-refractivity contribution in [3.05, 3.63) is 21.9 Å². The van der Waals surface area contributed by atoms with Crippen molar-refractivity contribution in [3.8, 4) is 0 Å². The van der Waals surface area contributed by atoms with E-state index >= 15 is 0 Å². The van der Waals surface area contributed by atoms with Crippen LogP contribution in [-0.2, 0) is 11.2 Å². The molecule has 17 heavy (non-hydrogen) atoms. The molecule has 1 aliphatic heterocycles. The maximum absolute atomic E-state index is 5.63. The average molecular weight is 253 g/mol. The van der Waals surface area contributed by atoms with Gasteiger partial charge < -0.3 is 10.1 Å². The van der Waals surface area contributed by atoms with Gasteiger partial charge in [-0.3, -0.25) is 0 Å². The van der Waals surface area contributed by atoms with Crippen LogP contribution in [0.3, 0.4) is 0 Å². The van der Waals surface area contributed by atoms with Gasteiger partial charge in [-0.2, -0.15) is 0 Å². The van der Waals surface area contributed by atoms with Crippen molar-refractivity contribution >= 4 is 11.3 Å². The van der Waals surface area contributed by atoms with Gasteiger partial charge in [-0.05, 0) is 37.9 Å². The van der Waals surface area contributed by atoms with E-state index in [9.17, 15) is 0 Å². The Morgan fingerprint density at radius 1 is 1.47 bits per heavy atom. The summed E-state index contributed by atoms with van der Waals surface area (Å²) in [4.78, 5) is 2.97. The summed E-state index contributed by atoms with van der Waals surface area (Å²) in [5.74, 6) is 0.645. The van der Waals surface area contributed by atoms with E-state index in [1.165, 1.54) is 22.6 Å². The number of aryl methyl sites for hydroxylation is 1. The van der Waals surface area contributed by atoms with Crippen LogP contribution < -0.4 is 5.32 Å². The fourth-order valence-corrected chi connectivity index (χ4v) is 3.62. The summed E-state index contributed by atoms with van der Waals surface area (Å²) in [5, 5.41) is 3.64. The van der Waals surface area contributed by atoms with Crippen molar-refractivity contribution in [2.45, 2.75) is 39.2 Å². The number of rotatable bonds is 5. The van der Waals surface area contributed by atoms with Gasteiger partial charge in [-0.1, -0.05) is 13.8 Å². The Morgan fingerprint density at radius 2 is 2.35 bits per heavy atom. The molecule has 1 aliphatic rings. The van der Waals surface area contributed by atoms with Gasteiger partial charge in [-0.25, -0.2) is 0 Å². The smallest absolute Gasteiger partial charge is 0.0512 e. The second-order valence-electron chi connectivity index (χ2n) is 4.67. The lowest BCUT2D eigenvalue weighted by Crippen LogP contribution is -2.32. The molecule has 0 aliphatic carbocycles. The molecule has 0 saturated carbocycles. The van der Waals surface area contributed by atoms with Crippen LogP contribution in [0.4, 0.5) is 0 Å². The summed E-state index contributed by atoms with van der Waals surface area (Å²) in [5.41, 5.74) is 0. The van der Waals surface area contributed by atoms with Gasteiger partial charge >= 0.3 is 0 Å². The van der Waals surface area contributed by atoms with Crippen LogP contribution in [0.1, 0.15) is 42.5 Å². The fourth-order valence-electron chi connectivity index (χ4n) is 2.50. The van der Waals surface area contributed by atoms with Crippen molar-refractivity contribution in [1.29, 1.82) is 0 Å². The Kier molecular flexibility index (Phi) is 5.01. The third kappa shape index (κ3) is 3.30. The lowest BCUT2D eigenvalue weighted by atomic mass is 9.92. The zero-order chi connectivity index (χ0) is 12.1. The number of ether oxygens (including phenoxy) is 1. The molecule has 3 heteroatoms. The zero-order valence-corrected chi connectivity index (χ0v) is 11.7. The van der Waals surface area contributed by atoms with Gasteiger partial charge in [0.1, 0.15) is 0 Å². The van der Waals surface area contributed by atoms with Gasteiger partial charge in [0.15, 0.2) is 0 Å². The molecule has 1 aromatic rings. The van der Waals surface area contributed by atoms with E-state index in [2.05, 4.69) is 31.3 Å². The molecule has 2 atom stereocenters. The molecular weight excluding hydrogens is 230 g/mol. The van der Waals surface area contributed by atoms with Crippen molar-refractivity contribution in [1.82, 2.24) is 5.32 Å². The quantitative estimate of drug-likeness (QED) is 0.868. The lowest BCUT2D eigenvalue weighted by molar-refractivity contribution is 0.0398. The molecule has 2 nitrogen and oxygen atoms in total. The van der Waals surface area contributed by atoms with E-state index in [-0.39, 0.29) is 0 Å². The minimum Gasteiger partial charge on any atom is -0.381 e. The van der Waals surface area contributed by atoms with E-state index in [4.69, 9.17) is 4.74 Å². The molecule has 0 spiro atoms. The topological polar surface area (TPSA) is 21.3 Å². The van der Waals surface area contributed by atoms with Crippen molar-refractivity contribution in [3.63, 3.8) is 0 Å². The van der Waals surface area contributed by atoms with Crippen LogP contribution in [0.25, 0.3) is 0 Å². The summed E-state index contributed by atoms with van der Waals surface area (Å²) in [7, 11) is 0. The maximum atomic E-state index is 5.63. The summed E-state index contributed by atoms with van der Waals surface area (Å²) in [6, 6.07) is 5.06. The zero-order valence-electron chi connectivity index (χ0n) is 10.9. The van der Waals surface area contributed by atoms with Gasteiger partial charge in [-0.15, -0.1) is 11.3 Å². The molecule has 0 radical (unpaired) electrons. The third-order valence-electron chi connectivity index (χ3n) is 3.43. The van der Waals surface area contributed by atoms with E-state index in [0.29, 0.717) is 12.0 Å². The SMILES string of the molecule is CCNC(c1ccc(CC)s1)C1CCCOC1. The Labute approximate surface area is 108 Å². The largest absolute Gasteiger partial charge is 0.381 e. The first-order chi connectivity index (χ1) is 8.35. The van der Waals surface area contributed by atoms with Gasteiger partial charge in [0.25, 0.3) is 0 Å². The number of thiophene rings is 1. The normalized spacial score (nSPS) is 22.6. The van der Waals surface area contributed by atoms with Crippen molar-refractivity contribution < 1.29 is 4.74 Å².